The van der Waals surface area contributed by atoms with Crippen molar-refractivity contribution in [3.8, 4) is 5.88 Å². The van der Waals surface area contributed by atoms with Gasteiger partial charge in [-0.1, -0.05) is 18.2 Å². The Morgan fingerprint density at radius 2 is 1.84 bits per heavy atom. The van der Waals surface area contributed by atoms with Crippen molar-refractivity contribution in [1.82, 2.24) is 9.97 Å². The van der Waals surface area contributed by atoms with Gasteiger partial charge in [0.2, 0.25) is 11.8 Å². The van der Waals surface area contributed by atoms with Crippen LogP contribution in [0.5, 0.6) is 5.88 Å². The first-order chi connectivity index (χ1) is 12.0. The number of nitrogens with zero attached hydrogens (tertiary/aromatic N) is 3. The minimum absolute atomic E-state index is 0.0797. The molecule has 0 unspecified atom stereocenters. The van der Waals surface area contributed by atoms with Gasteiger partial charge in [-0.25, -0.2) is 4.98 Å². The molecule has 1 aromatic heterocycles. The fourth-order valence-corrected chi connectivity index (χ4v) is 2.98. The number of nitrogens with one attached hydrogen (secondary N) is 1. The number of benzene rings is 1. The Labute approximate surface area is 148 Å². The van der Waals surface area contributed by atoms with E-state index in [4.69, 9.17) is 4.74 Å². The molecular weight excluding hydrogens is 316 g/mol. The molecule has 0 saturated carbocycles. The number of hydrogen-bond donors (Lipinski definition) is 1. The van der Waals surface area contributed by atoms with Crippen LogP contribution in [0.25, 0.3) is 0 Å². The zero-order valence-electron chi connectivity index (χ0n) is 15.0. The number of ether oxygens (including phenoxy) is 1. The van der Waals surface area contributed by atoms with Crippen LogP contribution in [0.3, 0.4) is 0 Å². The van der Waals surface area contributed by atoms with Crippen molar-refractivity contribution >= 4 is 17.5 Å². The smallest absolute Gasteiger partial charge is 0.262 e. The summed E-state index contributed by atoms with van der Waals surface area (Å²) in [5.74, 6) is 0.921. The Kier molecular flexibility index (Phi) is 5.16. The molecule has 3 rings (SSSR count). The van der Waals surface area contributed by atoms with Gasteiger partial charge < -0.3 is 15.0 Å². The van der Waals surface area contributed by atoms with Gasteiger partial charge in [0.15, 0.2) is 6.61 Å². The molecule has 2 aromatic rings. The number of anilines is 2. The van der Waals surface area contributed by atoms with Gasteiger partial charge >= 0.3 is 0 Å². The first kappa shape index (κ1) is 17.2. The van der Waals surface area contributed by atoms with Crippen molar-refractivity contribution in [2.24, 2.45) is 0 Å². The topological polar surface area (TPSA) is 67.3 Å². The fraction of sp³-hybridized carbons (Fsp3) is 0.421. The Bertz CT molecular complexity index is 750. The lowest BCUT2D eigenvalue weighted by Crippen LogP contribution is -2.23. The highest BCUT2D eigenvalue weighted by atomic mass is 16.5. The summed E-state index contributed by atoms with van der Waals surface area (Å²) >= 11 is 0. The number of rotatable bonds is 5. The van der Waals surface area contributed by atoms with E-state index in [0.717, 1.165) is 48.4 Å². The van der Waals surface area contributed by atoms with E-state index in [9.17, 15) is 4.79 Å². The molecule has 1 N–H and O–H groups in total. The highest BCUT2D eigenvalue weighted by Gasteiger charge is 2.17. The van der Waals surface area contributed by atoms with E-state index in [0.29, 0.717) is 11.8 Å². The molecule has 0 aliphatic carbocycles. The lowest BCUT2D eigenvalue weighted by Gasteiger charge is -2.16. The molecule has 1 saturated heterocycles. The van der Waals surface area contributed by atoms with Gasteiger partial charge in [-0.2, -0.15) is 4.98 Å². The summed E-state index contributed by atoms with van der Waals surface area (Å²) in [6.45, 7) is 7.71. The van der Waals surface area contributed by atoms with Gasteiger partial charge in [0.25, 0.3) is 5.91 Å². The SMILES string of the molecule is Cc1cc(OCC(=O)Nc2c(C)cccc2C)nc(N2CCCC2)n1. The zero-order chi connectivity index (χ0) is 17.8. The number of carbonyl (C=O) groups is 1. The largest absolute Gasteiger partial charge is 0.467 e. The van der Waals surface area contributed by atoms with Crippen molar-refractivity contribution in [3.05, 3.63) is 41.1 Å². The van der Waals surface area contributed by atoms with Crippen molar-refractivity contribution < 1.29 is 9.53 Å². The predicted octanol–water partition coefficient (Wildman–Crippen LogP) is 3.02. The van der Waals surface area contributed by atoms with E-state index >= 15 is 0 Å². The van der Waals surface area contributed by atoms with E-state index in [2.05, 4.69) is 20.2 Å². The second-order valence-electron chi connectivity index (χ2n) is 6.45. The third-order valence-electron chi connectivity index (χ3n) is 4.30. The molecule has 1 fully saturated rings. The summed E-state index contributed by atoms with van der Waals surface area (Å²) in [6.07, 6.45) is 2.32. The number of aryl methyl sites for hydroxylation is 3. The second kappa shape index (κ2) is 7.51. The highest BCUT2D eigenvalue weighted by Crippen LogP contribution is 2.21. The van der Waals surface area contributed by atoms with Gasteiger partial charge in [-0.05, 0) is 44.7 Å². The summed E-state index contributed by atoms with van der Waals surface area (Å²) in [7, 11) is 0. The van der Waals surface area contributed by atoms with Crippen LogP contribution in [0, 0.1) is 20.8 Å². The Morgan fingerprint density at radius 3 is 2.52 bits per heavy atom. The fourth-order valence-electron chi connectivity index (χ4n) is 2.98. The van der Waals surface area contributed by atoms with Crippen molar-refractivity contribution in [2.75, 3.05) is 29.9 Å². The molecular formula is C19H24N4O2. The van der Waals surface area contributed by atoms with Crippen molar-refractivity contribution in [3.63, 3.8) is 0 Å². The molecule has 0 spiro atoms. The van der Waals surface area contributed by atoms with Crippen molar-refractivity contribution in [1.29, 1.82) is 0 Å². The molecule has 6 nitrogen and oxygen atoms in total. The van der Waals surface area contributed by atoms with Gasteiger partial charge in [0, 0.05) is 30.5 Å². The van der Waals surface area contributed by atoms with Crippen LogP contribution in [0.4, 0.5) is 11.6 Å². The minimum atomic E-state index is -0.198. The number of hydrogen-bond acceptors (Lipinski definition) is 5. The maximum absolute atomic E-state index is 12.2. The molecule has 1 amide bonds. The molecule has 6 heteroatoms. The molecule has 0 bridgehead atoms. The number of amides is 1. The molecule has 0 radical (unpaired) electrons. The van der Waals surface area contributed by atoms with Crippen LogP contribution >= 0.6 is 0 Å². The Morgan fingerprint density at radius 1 is 1.16 bits per heavy atom. The third kappa shape index (κ3) is 4.26. The molecule has 132 valence electrons. The van der Waals surface area contributed by atoms with E-state index < -0.39 is 0 Å². The second-order valence-corrected chi connectivity index (χ2v) is 6.45. The molecule has 1 aromatic carbocycles. The van der Waals surface area contributed by atoms with Gasteiger partial charge in [-0.15, -0.1) is 0 Å². The van der Waals surface area contributed by atoms with Gasteiger partial charge in [0.1, 0.15) is 0 Å². The van der Waals surface area contributed by atoms with Crippen LogP contribution in [0.15, 0.2) is 24.3 Å². The summed E-state index contributed by atoms with van der Waals surface area (Å²) in [6, 6.07) is 7.67. The quantitative estimate of drug-likeness (QED) is 0.906. The average Bonchev–Trinajstić information content (AvgIpc) is 3.11. The lowest BCUT2D eigenvalue weighted by molar-refractivity contribution is -0.118. The minimum Gasteiger partial charge on any atom is -0.467 e. The predicted molar refractivity (Wildman–Crippen MR) is 98.3 cm³/mol. The van der Waals surface area contributed by atoms with Gasteiger partial charge in [0.05, 0.1) is 0 Å². The summed E-state index contributed by atoms with van der Waals surface area (Å²) in [5, 5.41) is 2.92. The number of aromatic nitrogens is 2. The van der Waals surface area contributed by atoms with E-state index in [1.54, 1.807) is 6.07 Å². The van der Waals surface area contributed by atoms with Gasteiger partial charge in [-0.3, -0.25) is 4.79 Å². The average molecular weight is 340 g/mol. The standard InChI is InChI=1S/C19H24N4O2/c1-13-7-6-8-14(2)18(13)21-16(24)12-25-17-11-15(3)20-19(22-17)23-9-4-5-10-23/h6-8,11H,4-5,9-10,12H2,1-3H3,(H,21,24). The highest BCUT2D eigenvalue weighted by molar-refractivity contribution is 5.93. The van der Waals surface area contributed by atoms with Crippen LogP contribution in [0.1, 0.15) is 29.7 Å². The third-order valence-corrected chi connectivity index (χ3v) is 4.30. The lowest BCUT2D eigenvalue weighted by atomic mass is 10.1. The first-order valence-electron chi connectivity index (χ1n) is 8.62. The normalized spacial score (nSPS) is 13.8. The monoisotopic (exact) mass is 340 g/mol. The zero-order valence-corrected chi connectivity index (χ0v) is 15.0. The molecule has 1 aliphatic rings. The van der Waals surface area contributed by atoms with Crippen LogP contribution in [-0.2, 0) is 4.79 Å². The summed E-state index contributed by atoms with van der Waals surface area (Å²) in [5.41, 5.74) is 3.74. The Balaban J connectivity index is 1.64. The molecule has 1 aliphatic heterocycles. The van der Waals surface area contributed by atoms with E-state index in [1.165, 1.54) is 0 Å². The molecule has 0 atom stereocenters. The first-order valence-corrected chi connectivity index (χ1v) is 8.62. The van der Waals surface area contributed by atoms with Crippen molar-refractivity contribution in [2.45, 2.75) is 33.6 Å². The number of para-hydroxylation sites is 1. The van der Waals surface area contributed by atoms with Crippen LogP contribution in [0.2, 0.25) is 0 Å². The van der Waals surface area contributed by atoms with Crippen LogP contribution in [-0.4, -0.2) is 35.6 Å². The maximum atomic E-state index is 12.2. The van der Waals surface area contributed by atoms with E-state index in [1.807, 2.05) is 39.0 Å². The summed E-state index contributed by atoms with van der Waals surface area (Å²) in [4.78, 5) is 23.3. The number of carbonyl (C=O) groups excluding carboxylic acids is 1. The van der Waals surface area contributed by atoms with E-state index in [-0.39, 0.29) is 12.5 Å². The summed E-state index contributed by atoms with van der Waals surface area (Å²) < 4.78 is 5.61. The Hall–Kier alpha value is -2.63. The van der Waals surface area contributed by atoms with Crippen LogP contribution < -0.4 is 15.0 Å². The maximum Gasteiger partial charge on any atom is 0.262 e. The molecule has 2 heterocycles. The molecule has 25 heavy (non-hydrogen) atoms.